The number of ether oxygens (including phenoxy) is 1. The van der Waals surface area contributed by atoms with Crippen molar-refractivity contribution >= 4 is 17.2 Å². The first-order valence-electron chi connectivity index (χ1n) is 7.74. The predicted octanol–water partition coefficient (Wildman–Crippen LogP) is 1.62. The van der Waals surface area contributed by atoms with Gasteiger partial charge in [-0.3, -0.25) is 4.79 Å². The summed E-state index contributed by atoms with van der Waals surface area (Å²) >= 11 is 1.50. The maximum atomic E-state index is 12.4. The molecule has 0 saturated carbocycles. The van der Waals surface area contributed by atoms with Gasteiger partial charge in [0.05, 0.1) is 23.6 Å². The number of thiazole rings is 1. The maximum absolute atomic E-state index is 12.4. The van der Waals surface area contributed by atoms with Crippen molar-refractivity contribution in [1.29, 1.82) is 0 Å². The van der Waals surface area contributed by atoms with Gasteiger partial charge in [0.25, 0.3) is 5.91 Å². The van der Waals surface area contributed by atoms with Crippen LogP contribution in [0.5, 0.6) is 0 Å². The van der Waals surface area contributed by atoms with Crippen LogP contribution in [0.4, 0.5) is 0 Å². The quantitative estimate of drug-likeness (QED) is 0.848. The van der Waals surface area contributed by atoms with Crippen molar-refractivity contribution in [3.05, 3.63) is 27.8 Å². The van der Waals surface area contributed by atoms with E-state index in [-0.39, 0.29) is 18.1 Å². The number of amides is 1. The van der Waals surface area contributed by atoms with Gasteiger partial charge in [-0.1, -0.05) is 5.16 Å². The molecular formula is C15H18N4O3S. The lowest BCUT2D eigenvalue weighted by molar-refractivity contribution is 0.0329. The van der Waals surface area contributed by atoms with E-state index >= 15 is 0 Å². The Balaban J connectivity index is 1.35. The van der Waals surface area contributed by atoms with Crippen LogP contribution >= 0.6 is 11.3 Å². The van der Waals surface area contributed by atoms with Gasteiger partial charge in [0, 0.05) is 24.4 Å². The van der Waals surface area contributed by atoms with Gasteiger partial charge in [-0.15, -0.1) is 11.3 Å². The van der Waals surface area contributed by atoms with Gasteiger partial charge in [0.2, 0.25) is 5.89 Å². The molecule has 3 atom stereocenters. The number of nitrogens with zero attached hydrogens (tertiary/aromatic N) is 4. The van der Waals surface area contributed by atoms with Crippen LogP contribution in [-0.2, 0) is 11.2 Å². The molecule has 8 heteroatoms. The summed E-state index contributed by atoms with van der Waals surface area (Å²) in [5, 5.41) is 6.54. The van der Waals surface area contributed by atoms with Crippen LogP contribution in [0, 0.1) is 19.8 Å². The van der Waals surface area contributed by atoms with Crippen molar-refractivity contribution in [2.24, 2.45) is 5.92 Å². The van der Waals surface area contributed by atoms with Gasteiger partial charge < -0.3 is 14.2 Å². The molecule has 2 aromatic rings. The first kappa shape index (κ1) is 14.8. The summed E-state index contributed by atoms with van der Waals surface area (Å²) in [5.74, 6) is 1.66. The number of likely N-dealkylation sites (tertiary alicyclic amines) is 1. The first-order valence-corrected chi connectivity index (χ1v) is 8.62. The summed E-state index contributed by atoms with van der Waals surface area (Å²) in [4.78, 5) is 22.8. The molecule has 4 rings (SSSR count). The summed E-state index contributed by atoms with van der Waals surface area (Å²) < 4.78 is 11.2. The summed E-state index contributed by atoms with van der Waals surface area (Å²) in [5.41, 5.74) is 0.547. The van der Waals surface area contributed by atoms with E-state index in [0.29, 0.717) is 36.3 Å². The zero-order chi connectivity index (χ0) is 16.0. The van der Waals surface area contributed by atoms with Crippen molar-refractivity contribution in [1.82, 2.24) is 20.0 Å². The summed E-state index contributed by atoms with van der Waals surface area (Å²) in [6, 6.07) is 0. The Bertz CT molecular complexity index is 714. The van der Waals surface area contributed by atoms with Gasteiger partial charge in [0.15, 0.2) is 5.82 Å². The van der Waals surface area contributed by atoms with Gasteiger partial charge in [-0.2, -0.15) is 4.98 Å². The van der Waals surface area contributed by atoms with E-state index in [1.165, 1.54) is 11.3 Å². The average Bonchev–Trinajstić information content (AvgIpc) is 3.23. The highest BCUT2D eigenvalue weighted by molar-refractivity contribution is 7.09. The fourth-order valence-electron chi connectivity index (χ4n) is 3.40. The van der Waals surface area contributed by atoms with E-state index in [1.807, 2.05) is 17.2 Å². The van der Waals surface area contributed by atoms with Crippen LogP contribution in [-0.4, -0.2) is 51.2 Å². The molecule has 2 aliphatic rings. The molecular weight excluding hydrogens is 316 g/mol. The summed E-state index contributed by atoms with van der Waals surface area (Å²) in [6.45, 7) is 5.09. The van der Waals surface area contributed by atoms with Crippen LogP contribution < -0.4 is 0 Å². The van der Waals surface area contributed by atoms with Crippen molar-refractivity contribution in [3.8, 4) is 0 Å². The minimum absolute atomic E-state index is 0.0106. The maximum Gasteiger partial charge on any atom is 0.273 e. The molecule has 0 N–H and O–H groups in total. The normalized spacial score (nSPS) is 26.7. The molecule has 2 aliphatic heterocycles. The number of carbonyl (C=O) groups is 1. The number of aryl methyl sites for hydroxylation is 2. The molecule has 0 aromatic carbocycles. The fourth-order valence-corrected chi connectivity index (χ4v) is 3.99. The Kier molecular flexibility index (Phi) is 3.65. The summed E-state index contributed by atoms with van der Waals surface area (Å²) in [6.07, 6.45) is 1.77. The molecule has 4 heterocycles. The molecule has 0 radical (unpaired) electrons. The number of fused-ring (bicyclic) bond motifs is 1. The molecule has 0 unspecified atom stereocenters. The standard InChI is InChI=1S/C15H18N4O3S/c1-8-16-14(22-18-8)4-11-3-10-5-19(6-13(10)21-11)15(20)12-7-23-9(2)17-12/h7,10-11,13H,3-6H2,1-2H3/t10-,11-,13+/m0/s1. The minimum Gasteiger partial charge on any atom is -0.372 e. The van der Waals surface area contributed by atoms with Crippen LogP contribution in [0.1, 0.15) is 33.6 Å². The van der Waals surface area contributed by atoms with Crippen molar-refractivity contribution < 1.29 is 14.1 Å². The van der Waals surface area contributed by atoms with Crippen molar-refractivity contribution in [2.45, 2.75) is 38.9 Å². The number of hydrogen-bond donors (Lipinski definition) is 0. The molecule has 0 bridgehead atoms. The molecule has 7 nitrogen and oxygen atoms in total. The Labute approximate surface area is 137 Å². The Morgan fingerprint density at radius 1 is 1.39 bits per heavy atom. The van der Waals surface area contributed by atoms with Gasteiger partial charge >= 0.3 is 0 Å². The van der Waals surface area contributed by atoms with E-state index < -0.39 is 0 Å². The van der Waals surface area contributed by atoms with Crippen LogP contribution in [0.25, 0.3) is 0 Å². The second kappa shape index (κ2) is 5.68. The van der Waals surface area contributed by atoms with E-state index in [2.05, 4.69) is 15.1 Å². The first-order chi connectivity index (χ1) is 11.1. The topological polar surface area (TPSA) is 81.4 Å². The zero-order valence-electron chi connectivity index (χ0n) is 13.1. The SMILES string of the molecule is Cc1noc(C[C@@H]2C[C@H]3CN(C(=O)c4csc(C)n4)C[C@H]3O2)n1. The Morgan fingerprint density at radius 2 is 2.26 bits per heavy atom. The number of aromatic nitrogens is 3. The minimum atomic E-state index is 0.0106. The zero-order valence-corrected chi connectivity index (χ0v) is 13.9. The summed E-state index contributed by atoms with van der Waals surface area (Å²) in [7, 11) is 0. The van der Waals surface area contributed by atoms with Crippen LogP contribution in [0.3, 0.4) is 0 Å². The molecule has 23 heavy (non-hydrogen) atoms. The highest BCUT2D eigenvalue weighted by atomic mass is 32.1. The van der Waals surface area contributed by atoms with E-state index in [4.69, 9.17) is 9.26 Å². The average molecular weight is 334 g/mol. The molecule has 2 fully saturated rings. The predicted molar refractivity (Wildman–Crippen MR) is 82.3 cm³/mol. The molecule has 0 aliphatic carbocycles. The number of hydrogen-bond acceptors (Lipinski definition) is 7. The van der Waals surface area contributed by atoms with Gasteiger partial charge in [0.1, 0.15) is 5.69 Å². The van der Waals surface area contributed by atoms with E-state index in [1.54, 1.807) is 6.92 Å². The second-order valence-electron chi connectivity index (χ2n) is 6.19. The fraction of sp³-hybridized carbons (Fsp3) is 0.600. The lowest BCUT2D eigenvalue weighted by Crippen LogP contribution is -2.31. The molecule has 0 spiro atoms. The lowest BCUT2D eigenvalue weighted by atomic mass is 10.0. The highest BCUT2D eigenvalue weighted by Gasteiger charge is 2.44. The Morgan fingerprint density at radius 3 is 2.91 bits per heavy atom. The lowest BCUT2D eigenvalue weighted by Gasteiger charge is -2.18. The monoisotopic (exact) mass is 334 g/mol. The van der Waals surface area contributed by atoms with E-state index in [9.17, 15) is 4.79 Å². The molecule has 1 amide bonds. The van der Waals surface area contributed by atoms with Gasteiger partial charge in [-0.25, -0.2) is 4.98 Å². The highest BCUT2D eigenvalue weighted by Crippen LogP contribution is 2.34. The molecule has 122 valence electrons. The van der Waals surface area contributed by atoms with Crippen molar-refractivity contribution in [2.75, 3.05) is 13.1 Å². The largest absolute Gasteiger partial charge is 0.372 e. The van der Waals surface area contributed by atoms with E-state index in [0.717, 1.165) is 18.0 Å². The third kappa shape index (κ3) is 2.88. The Hall–Kier alpha value is -1.80. The molecule has 2 aromatic heterocycles. The third-order valence-electron chi connectivity index (χ3n) is 4.41. The van der Waals surface area contributed by atoms with Crippen LogP contribution in [0.15, 0.2) is 9.90 Å². The third-order valence-corrected chi connectivity index (χ3v) is 5.18. The van der Waals surface area contributed by atoms with Crippen LogP contribution in [0.2, 0.25) is 0 Å². The van der Waals surface area contributed by atoms with Gasteiger partial charge in [-0.05, 0) is 20.3 Å². The molecule has 2 saturated heterocycles. The second-order valence-corrected chi connectivity index (χ2v) is 7.26. The number of rotatable bonds is 3. The smallest absolute Gasteiger partial charge is 0.273 e. The van der Waals surface area contributed by atoms with Crippen molar-refractivity contribution in [3.63, 3.8) is 0 Å². The number of carbonyl (C=O) groups excluding carboxylic acids is 1.